The average molecular weight is 1280 g/mol. The lowest BCUT2D eigenvalue weighted by Gasteiger charge is -2.41. The molecule has 94 heavy (non-hydrogen) atoms. The molecular weight excluding hydrogens is 1170 g/mol. The Balaban J connectivity index is 0.883. The van der Waals surface area contributed by atoms with Crippen molar-refractivity contribution in [2.75, 3.05) is 13.2 Å². The van der Waals surface area contributed by atoms with Gasteiger partial charge in [0.1, 0.15) is 11.5 Å². The Hall–Kier alpha value is -7.04. The highest BCUT2D eigenvalue weighted by Gasteiger charge is 2.42. The molecule has 0 heterocycles. The van der Waals surface area contributed by atoms with E-state index in [1.807, 2.05) is 48.5 Å². The molecule has 0 bridgehead atoms. The molecule has 0 spiro atoms. The van der Waals surface area contributed by atoms with Gasteiger partial charge in [-0.2, -0.15) is 0 Å². The van der Waals surface area contributed by atoms with Crippen molar-refractivity contribution >= 4 is 23.9 Å². The van der Waals surface area contributed by atoms with E-state index in [1.54, 1.807) is 0 Å². The van der Waals surface area contributed by atoms with E-state index in [2.05, 4.69) is 113 Å². The zero-order valence-electron chi connectivity index (χ0n) is 57.5. The highest BCUT2D eigenvalue weighted by molar-refractivity contribution is 5.90. The predicted molar refractivity (Wildman–Crippen MR) is 377 cm³/mol. The number of esters is 4. The predicted octanol–water partition coefficient (Wildman–Crippen LogP) is 20.5. The van der Waals surface area contributed by atoms with Crippen molar-refractivity contribution in [2.45, 2.75) is 257 Å². The van der Waals surface area contributed by atoms with Gasteiger partial charge in [0, 0.05) is 23.3 Å². The molecule has 0 saturated heterocycles. The monoisotopic (exact) mass is 1280 g/mol. The molecule has 4 fully saturated rings. The summed E-state index contributed by atoms with van der Waals surface area (Å²) in [5.41, 5.74) is 3.08. The lowest BCUT2D eigenvalue weighted by Crippen LogP contribution is -2.39. The summed E-state index contributed by atoms with van der Waals surface area (Å²) in [4.78, 5) is 50.7. The van der Waals surface area contributed by atoms with Gasteiger partial charge >= 0.3 is 23.9 Å². The summed E-state index contributed by atoms with van der Waals surface area (Å²) in [5.74, 6) is 18.5. The molecule has 10 nitrogen and oxygen atoms in total. The molecule has 4 saturated carbocycles. The molecule has 8 rings (SSSR count). The van der Waals surface area contributed by atoms with E-state index in [0.29, 0.717) is 36.2 Å². The SMILES string of the molecule is C=CC(=O)OCCCCCCC[C@@H](C)Oc1ccc(C(=O)OC2(C#Cc3ccc(-c4ccc(C#CC5(OC(=O)c6ccc(O[C@H](C)CCCCCCCOC(=O)C=C)cc6)CCC(C6CCC(CCC)CC6)CC5)cc4)cc3)CCC(C3CCC(CCC)CC3)CC2)cc1. The Kier molecular flexibility index (Phi) is 29.8. The van der Waals surface area contributed by atoms with E-state index in [9.17, 15) is 19.2 Å². The Morgan fingerprint density at radius 3 is 1.12 bits per heavy atom. The summed E-state index contributed by atoms with van der Waals surface area (Å²) >= 11 is 0. The smallest absolute Gasteiger partial charge is 0.339 e. The molecule has 4 aliphatic rings. The van der Waals surface area contributed by atoms with E-state index in [-0.39, 0.29) is 36.1 Å². The highest BCUT2D eigenvalue weighted by atomic mass is 16.6. The fourth-order valence-corrected chi connectivity index (χ4v) is 15.2. The van der Waals surface area contributed by atoms with Gasteiger partial charge in [-0.1, -0.05) is 153 Å². The Morgan fingerprint density at radius 1 is 0.447 bits per heavy atom. The minimum Gasteiger partial charge on any atom is -0.491 e. The standard InChI is InChI=1S/C84H110O10/c1-7-21-65-25-33-71(34-26-65)73-51-57-83(58-52-73,93-81(87)75-41-45-77(46-42-75)91-63(5)23-17-13-11-15-19-61-89-79(85)9-3)55-49-67-29-37-69(38-30-67)70-39-31-68(32-40-70)50-56-84(59-53-74(54-60-84)72-35-27-66(22-8-2)28-36-72)94-82(88)76-43-47-78(48-44-76)92-64(6)24-18-14-12-16-20-62-90-80(86)10-4/h9-10,29-32,37-48,63-66,71-74H,3-4,7-8,11-28,33-36,51-54,57-62H2,1-2,5-6H3/t63-,64-,65?,66?,71?,72?,73?,74?,83?,84?/m1/s1. The molecule has 0 N–H and O–H groups in total. The molecule has 4 aromatic carbocycles. The zero-order valence-corrected chi connectivity index (χ0v) is 57.5. The molecule has 0 aliphatic heterocycles. The molecule has 0 unspecified atom stereocenters. The Bertz CT molecular complexity index is 2880. The van der Waals surface area contributed by atoms with Crippen LogP contribution in [0.3, 0.4) is 0 Å². The maximum absolute atomic E-state index is 14.1. The normalized spacial score (nSPS) is 23.3. The van der Waals surface area contributed by atoms with Gasteiger partial charge in [0.2, 0.25) is 0 Å². The molecule has 4 aliphatic carbocycles. The maximum atomic E-state index is 14.1. The molecule has 0 radical (unpaired) electrons. The first kappa shape index (κ1) is 72.8. The van der Waals surface area contributed by atoms with Crippen LogP contribution in [0, 0.1) is 59.2 Å². The largest absolute Gasteiger partial charge is 0.491 e. The van der Waals surface area contributed by atoms with Gasteiger partial charge in [-0.3, -0.25) is 0 Å². The second-order valence-corrected chi connectivity index (χ2v) is 28.0. The number of hydrogen-bond acceptors (Lipinski definition) is 10. The van der Waals surface area contributed by atoms with E-state index in [0.717, 1.165) is 186 Å². The van der Waals surface area contributed by atoms with Gasteiger partial charge in [0.15, 0.2) is 11.2 Å². The molecule has 506 valence electrons. The van der Waals surface area contributed by atoms with Crippen LogP contribution in [0.2, 0.25) is 0 Å². The van der Waals surface area contributed by atoms with Crippen molar-refractivity contribution in [2.24, 2.45) is 35.5 Å². The first-order valence-electron chi connectivity index (χ1n) is 36.6. The molecule has 0 aromatic heterocycles. The van der Waals surface area contributed by atoms with E-state index < -0.39 is 11.2 Å². The maximum Gasteiger partial charge on any atom is 0.339 e. The van der Waals surface area contributed by atoms with Crippen LogP contribution in [0.25, 0.3) is 11.1 Å². The summed E-state index contributed by atoms with van der Waals surface area (Å²) in [7, 11) is 0. The number of ether oxygens (including phenoxy) is 6. The van der Waals surface area contributed by atoms with Crippen LogP contribution < -0.4 is 9.47 Å². The minimum absolute atomic E-state index is 0.0311. The first-order chi connectivity index (χ1) is 45.8. The summed E-state index contributed by atoms with van der Waals surface area (Å²) < 4.78 is 35.8. The molecular formula is C84H110O10. The van der Waals surface area contributed by atoms with Crippen molar-refractivity contribution in [3.8, 4) is 46.3 Å². The molecule has 2 atom stereocenters. The van der Waals surface area contributed by atoms with Crippen LogP contribution >= 0.6 is 0 Å². The fraction of sp³-hybridized carbons (Fsp3) is 0.571. The molecule has 10 heteroatoms. The van der Waals surface area contributed by atoms with Gasteiger partial charge in [-0.05, 0) is 261 Å². The summed E-state index contributed by atoms with van der Waals surface area (Å²) in [6, 6.07) is 31.4. The summed E-state index contributed by atoms with van der Waals surface area (Å²) in [5, 5.41) is 0. The number of benzene rings is 4. The van der Waals surface area contributed by atoms with Crippen LogP contribution in [-0.4, -0.2) is 60.5 Å². The fourth-order valence-electron chi connectivity index (χ4n) is 15.2. The average Bonchev–Trinajstić information content (AvgIpc) is 0.849. The summed E-state index contributed by atoms with van der Waals surface area (Å²) in [6.45, 7) is 16.5. The van der Waals surface area contributed by atoms with Gasteiger partial charge in [-0.25, -0.2) is 19.2 Å². The number of carbonyl (C=O) groups is 4. The van der Waals surface area contributed by atoms with Crippen molar-refractivity contribution in [1.29, 1.82) is 0 Å². The van der Waals surface area contributed by atoms with Crippen molar-refractivity contribution in [1.82, 2.24) is 0 Å². The van der Waals surface area contributed by atoms with E-state index >= 15 is 0 Å². The summed E-state index contributed by atoms with van der Waals surface area (Å²) in [6.07, 6.45) is 37.1. The third-order valence-electron chi connectivity index (χ3n) is 20.9. The van der Waals surface area contributed by atoms with Crippen molar-refractivity contribution in [3.63, 3.8) is 0 Å². The van der Waals surface area contributed by atoms with Crippen molar-refractivity contribution in [3.05, 3.63) is 145 Å². The minimum atomic E-state index is -0.887. The Labute approximate surface area is 564 Å². The molecule has 4 aromatic rings. The van der Waals surface area contributed by atoms with E-state index in [4.69, 9.17) is 28.4 Å². The van der Waals surface area contributed by atoms with Gasteiger partial charge in [-0.15, -0.1) is 0 Å². The second-order valence-electron chi connectivity index (χ2n) is 28.0. The lowest BCUT2D eigenvalue weighted by atomic mass is 9.67. The van der Waals surface area contributed by atoms with Crippen molar-refractivity contribution < 1.29 is 47.6 Å². The van der Waals surface area contributed by atoms with Crippen LogP contribution in [-0.2, 0) is 28.5 Å². The first-order valence-corrected chi connectivity index (χ1v) is 36.6. The van der Waals surface area contributed by atoms with Crippen LogP contribution in [0.15, 0.2) is 122 Å². The number of carbonyl (C=O) groups excluding carboxylic acids is 4. The van der Waals surface area contributed by atoms with Gasteiger partial charge in [0.05, 0.1) is 36.5 Å². The third-order valence-corrected chi connectivity index (χ3v) is 20.9. The lowest BCUT2D eigenvalue weighted by molar-refractivity contribution is -0.138. The Morgan fingerprint density at radius 2 is 0.777 bits per heavy atom. The zero-order chi connectivity index (χ0) is 66.4. The van der Waals surface area contributed by atoms with E-state index in [1.165, 1.54) is 89.2 Å². The van der Waals surface area contributed by atoms with Crippen LogP contribution in [0.1, 0.15) is 265 Å². The third kappa shape index (κ3) is 23.7. The van der Waals surface area contributed by atoms with Gasteiger partial charge < -0.3 is 28.4 Å². The number of unbranched alkanes of at least 4 members (excludes halogenated alkanes) is 8. The van der Waals surface area contributed by atoms with Crippen LogP contribution in [0.4, 0.5) is 0 Å². The van der Waals surface area contributed by atoms with Gasteiger partial charge in [0.25, 0.3) is 0 Å². The quantitative estimate of drug-likeness (QED) is 0.0150. The topological polar surface area (TPSA) is 124 Å². The highest BCUT2D eigenvalue weighted by Crippen LogP contribution is 2.46. The number of hydrogen-bond donors (Lipinski definition) is 0. The molecule has 0 amide bonds. The van der Waals surface area contributed by atoms with Crippen LogP contribution in [0.5, 0.6) is 11.5 Å². The second kappa shape index (κ2) is 38.5. The number of rotatable bonds is 33.